The van der Waals surface area contributed by atoms with Crippen molar-refractivity contribution in [1.29, 1.82) is 0 Å². The Kier molecular flexibility index (Phi) is 3.98. The van der Waals surface area contributed by atoms with Crippen LogP contribution in [0.15, 0.2) is 0 Å². The lowest BCUT2D eigenvalue weighted by atomic mass is 10.0. The maximum absolute atomic E-state index is 3.68. The zero-order valence-electron chi connectivity index (χ0n) is 11.0. The highest BCUT2D eigenvalue weighted by Gasteiger charge is 2.38. The Morgan fingerprint density at radius 3 is 2.71 bits per heavy atom. The Hall–Kier alpha value is 0.270. The molecule has 0 aromatic carbocycles. The first-order valence-corrected chi connectivity index (χ1v) is 8.50. The van der Waals surface area contributed by atoms with E-state index in [-0.39, 0.29) is 0 Å². The van der Waals surface area contributed by atoms with Crippen molar-refractivity contribution in [2.75, 3.05) is 18.8 Å². The topological polar surface area (TPSA) is 15.3 Å². The van der Waals surface area contributed by atoms with Gasteiger partial charge in [-0.3, -0.25) is 4.90 Å². The Morgan fingerprint density at radius 2 is 2.06 bits per heavy atom. The summed E-state index contributed by atoms with van der Waals surface area (Å²) in [5, 5.41) is 4.53. The van der Waals surface area contributed by atoms with Gasteiger partial charge in [-0.05, 0) is 50.8 Å². The van der Waals surface area contributed by atoms with Crippen LogP contribution in [-0.2, 0) is 0 Å². The van der Waals surface area contributed by atoms with E-state index in [0.717, 1.165) is 23.4 Å². The number of hydrogen-bond acceptors (Lipinski definition) is 3. The first kappa shape index (κ1) is 12.3. The van der Waals surface area contributed by atoms with Gasteiger partial charge in [-0.2, -0.15) is 11.8 Å². The Balaban J connectivity index is 1.61. The van der Waals surface area contributed by atoms with Crippen LogP contribution in [0.2, 0.25) is 0 Å². The highest BCUT2D eigenvalue weighted by molar-refractivity contribution is 7.99. The van der Waals surface area contributed by atoms with Crippen molar-refractivity contribution in [3.8, 4) is 0 Å². The van der Waals surface area contributed by atoms with Gasteiger partial charge in [0.25, 0.3) is 0 Å². The zero-order chi connectivity index (χ0) is 11.7. The zero-order valence-corrected chi connectivity index (χ0v) is 11.8. The molecule has 0 aromatic heterocycles. The molecule has 2 heterocycles. The first-order valence-electron chi connectivity index (χ1n) is 7.45. The van der Waals surface area contributed by atoms with Crippen molar-refractivity contribution in [2.24, 2.45) is 0 Å². The molecule has 0 radical (unpaired) electrons. The lowest BCUT2D eigenvalue weighted by molar-refractivity contribution is 0.157. The molecular weight excluding hydrogens is 228 g/mol. The quantitative estimate of drug-likeness (QED) is 0.830. The summed E-state index contributed by atoms with van der Waals surface area (Å²) in [5.74, 6) is 1.39. The van der Waals surface area contributed by atoms with E-state index in [1.807, 2.05) is 0 Å². The van der Waals surface area contributed by atoms with Gasteiger partial charge in [0.05, 0.1) is 0 Å². The lowest BCUT2D eigenvalue weighted by Gasteiger charge is -2.39. The number of nitrogens with one attached hydrogen (secondary N) is 1. The Bertz CT molecular complexity index is 249. The summed E-state index contributed by atoms with van der Waals surface area (Å²) in [6, 6.07) is 2.59. The van der Waals surface area contributed by atoms with E-state index in [1.165, 1.54) is 57.4 Å². The molecule has 2 saturated heterocycles. The minimum absolute atomic E-state index is 0.787. The molecule has 3 fully saturated rings. The SMILES string of the molecule is CC1SCCCC1N(CC1CCCN1)C1CC1. The molecule has 1 saturated carbocycles. The molecule has 2 nitrogen and oxygen atoms in total. The molecule has 3 aliphatic rings. The van der Waals surface area contributed by atoms with Crippen molar-refractivity contribution in [1.82, 2.24) is 10.2 Å². The second-order valence-electron chi connectivity index (χ2n) is 6.01. The van der Waals surface area contributed by atoms with Crippen molar-refractivity contribution in [3.63, 3.8) is 0 Å². The third-order valence-corrected chi connectivity index (χ3v) is 5.97. The van der Waals surface area contributed by atoms with Crippen LogP contribution in [0.1, 0.15) is 45.4 Å². The maximum Gasteiger partial charge on any atom is 0.0215 e. The summed E-state index contributed by atoms with van der Waals surface area (Å²) in [5.41, 5.74) is 0. The van der Waals surface area contributed by atoms with Gasteiger partial charge in [0.1, 0.15) is 0 Å². The van der Waals surface area contributed by atoms with E-state index in [9.17, 15) is 0 Å². The fourth-order valence-corrected chi connectivity index (χ4v) is 4.69. The highest BCUT2D eigenvalue weighted by Crippen LogP contribution is 2.36. The summed E-state index contributed by atoms with van der Waals surface area (Å²) in [6.07, 6.45) is 8.58. The molecule has 3 heteroatoms. The maximum atomic E-state index is 3.68. The number of nitrogens with zero attached hydrogens (tertiary/aromatic N) is 1. The van der Waals surface area contributed by atoms with Crippen molar-refractivity contribution in [3.05, 3.63) is 0 Å². The normalized spacial score (nSPS) is 38.8. The number of thioether (sulfide) groups is 1. The van der Waals surface area contributed by atoms with E-state index < -0.39 is 0 Å². The fourth-order valence-electron chi connectivity index (χ4n) is 3.47. The molecule has 3 unspecified atom stereocenters. The van der Waals surface area contributed by atoms with Crippen LogP contribution in [-0.4, -0.2) is 47.1 Å². The monoisotopic (exact) mass is 254 g/mol. The second kappa shape index (κ2) is 5.50. The molecule has 17 heavy (non-hydrogen) atoms. The van der Waals surface area contributed by atoms with Crippen molar-refractivity contribution < 1.29 is 0 Å². The second-order valence-corrected chi connectivity index (χ2v) is 7.49. The molecule has 0 aromatic rings. The average Bonchev–Trinajstić information content (AvgIpc) is 3.05. The number of rotatable bonds is 4. The van der Waals surface area contributed by atoms with Crippen molar-refractivity contribution in [2.45, 2.75) is 68.8 Å². The molecule has 0 amide bonds. The highest BCUT2D eigenvalue weighted by atomic mass is 32.2. The van der Waals surface area contributed by atoms with E-state index in [4.69, 9.17) is 0 Å². The van der Waals surface area contributed by atoms with Gasteiger partial charge in [0.2, 0.25) is 0 Å². The summed E-state index contributed by atoms with van der Waals surface area (Å²) in [7, 11) is 0. The van der Waals surface area contributed by atoms with Crippen LogP contribution < -0.4 is 5.32 Å². The fraction of sp³-hybridized carbons (Fsp3) is 1.00. The predicted molar refractivity (Wildman–Crippen MR) is 75.7 cm³/mol. The van der Waals surface area contributed by atoms with Gasteiger partial charge in [0.15, 0.2) is 0 Å². The van der Waals surface area contributed by atoms with E-state index in [1.54, 1.807) is 0 Å². The van der Waals surface area contributed by atoms with E-state index in [0.29, 0.717) is 0 Å². The third-order valence-electron chi connectivity index (χ3n) is 4.60. The van der Waals surface area contributed by atoms with E-state index >= 15 is 0 Å². The molecule has 98 valence electrons. The lowest BCUT2D eigenvalue weighted by Crippen LogP contribution is -2.49. The molecule has 1 aliphatic carbocycles. The summed E-state index contributed by atoms with van der Waals surface area (Å²) >= 11 is 2.20. The van der Waals surface area contributed by atoms with Gasteiger partial charge >= 0.3 is 0 Å². The van der Waals surface area contributed by atoms with Crippen molar-refractivity contribution >= 4 is 11.8 Å². The molecule has 1 N–H and O–H groups in total. The Morgan fingerprint density at radius 1 is 1.18 bits per heavy atom. The molecular formula is C14H26N2S. The largest absolute Gasteiger partial charge is 0.313 e. The van der Waals surface area contributed by atoms with E-state index in [2.05, 4.69) is 28.9 Å². The predicted octanol–water partition coefficient (Wildman–Crippen LogP) is 2.49. The molecule has 3 atom stereocenters. The van der Waals surface area contributed by atoms with Gasteiger partial charge in [-0.1, -0.05) is 6.92 Å². The van der Waals surface area contributed by atoms with Crippen LogP contribution in [0.4, 0.5) is 0 Å². The summed E-state index contributed by atoms with van der Waals surface area (Å²) in [6.45, 7) is 5.02. The third kappa shape index (κ3) is 2.99. The summed E-state index contributed by atoms with van der Waals surface area (Å²) < 4.78 is 0. The van der Waals surface area contributed by atoms with Gasteiger partial charge < -0.3 is 5.32 Å². The smallest absolute Gasteiger partial charge is 0.0215 e. The standard InChI is InChI=1S/C14H26N2S/c1-11-14(5-3-9-17-11)16(13-6-7-13)10-12-4-2-8-15-12/h11-15H,2-10H2,1H3. The van der Waals surface area contributed by atoms with Crippen LogP contribution >= 0.6 is 11.8 Å². The van der Waals surface area contributed by atoms with Crippen LogP contribution in [0, 0.1) is 0 Å². The van der Waals surface area contributed by atoms with Gasteiger partial charge in [0, 0.05) is 29.9 Å². The van der Waals surface area contributed by atoms with Gasteiger partial charge in [-0.25, -0.2) is 0 Å². The minimum Gasteiger partial charge on any atom is -0.313 e. The average molecular weight is 254 g/mol. The first-order chi connectivity index (χ1) is 8.34. The molecule has 3 rings (SSSR count). The summed E-state index contributed by atoms with van der Waals surface area (Å²) in [4.78, 5) is 2.87. The molecule has 0 bridgehead atoms. The molecule has 0 spiro atoms. The number of hydrogen-bond donors (Lipinski definition) is 1. The van der Waals surface area contributed by atoms with Crippen LogP contribution in [0.3, 0.4) is 0 Å². The van der Waals surface area contributed by atoms with Crippen LogP contribution in [0.5, 0.6) is 0 Å². The molecule has 2 aliphatic heterocycles. The van der Waals surface area contributed by atoms with Gasteiger partial charge in [-0.15, -0.1) is 0 Å². The minimum atomic E-state index is 0.787. The van der Waals surface area contributed by atoms with Crippen LogP contribution in [0.25, 0.3) is 0 Å². The Labute approximate surface area is 110 Å².